The van der Waals surface area contributed by atoms with Gasteiger partial charge in [-0.25, -0.2) is 9.97 Å². The molecule has 0 bridgehead atoms. The molecule has 6 rings (SSSR count). The monoisotopic (exact) mass is 774 g/mol. The number of hydrogen-bond acceptors (Lipinski definition) is 3. The van der Waals surface area contributed by atoms with E-state index in [0.717, 1.165) is 0 Å². The fourth-order valence-corrected chi connectivity index (χ4v) is 5.85. The largest absolute Gasteiger partial charge is 1.00 e. The lowest BCUT2D eigenvalue weighted by Crippen LogP contribution is -3.00. The summed E-state index contributed by atoms with van der Waals surface area (Å²) in [5.41, 5.74) is 15.3. The van der Waals surface area contributed by atoms with Gasteiger partial charge in [0.05, 0.1) is 0 Å². The van der Waals surface area contributed by atoms with Crippen LogP contribution in [0.2, 0.25) is 0 Å². The number of halogens is 2. The number of rotatable bonds is 5. The molecule has 0 saturated heterocycles. The van der Waals surface area contributed by atoms with Gasteiger partial charge >= 0.3 is 0 Å². The predicted molar refractivity (Wildman–Crippen MR) is 187 cm³/mol. The number of pyridine rings is 4. The Morgan fingerprint density at radius 2 is 0.780 bits per heavy atom. The van der Waals surface area contributed by atoms with Crippen LogP contribution in [0.4, 0.5) is 0 Å². The summed E-state index contributed by atoms with van der Waals surface area (Å²) in [4.78, 5) is 25.1. The Bertz CT molecular complexity index is 1820. The first-order valence-corrected chi connectivity index (χ1v) is 17.7. The molecule has 0 spiro atoms. The minimum Gasteiger partial charge on any atom is -1.00 e. The third kappa shape index (κ3) is 11.8. The summed E-state index contributed by atoms with van der Waals surface area (Å²) in [6, 6.07) is 25.9. The van der Waals surface area contributed by atoms with Gasteiger partial charge in [-0.3, -0.25) is 0 Å². The lowest BCUT2D eigenvalue weighted by atomic mass is 10.0. The van der Waals surface area contributed by atoms with Crippen LogP contribution in [0.15, 0.2) is 122 Å². The highest BCUT2D eigenvalue weighted by molar-refractivity contribution is 7.48. The zero-order valence-electron chi connectivity index (χ0n) is 29.6. The fraction of sp³-hybridized carbons (Fsp3) is 0.200. The van der Waals surface area contributed by atoms with Gasteiger partial charge in [-0.05, 0) is 94.2 Å². The molecule has 4 aromatic heterocycles. The van der Waals surface area contributed by atoms with Gasteiger partial charge in [-0.1, -0.05) is 25.6 Å². The number of benzene rings is 2. The third-order valence-electron chi connectivity index (χ3n) is 7.94. The highest BCUT2D eigenvalue weighted by atomic mass is 79.9. The standard InChI is InChI=1S/2C19H19N2.C2H7O3P.BrH.ClH/c2*1-14-12-15(2)19(16(3)13-14)21-10-6-18(7-11-21)17-4-8-20-9-5-17;1-2-6(3,4)5;;/h2*4-13H,1-3H3;2H2,1H3,(H2,3,4,5);2*1H/q2*+1;;;/p-2. The molecule has 0 fully saturated rings. The van der Waals surface area contributed by atoms with E-state index in [9.17, 15) is 14.4 Å². The number of nitrogens with one attached hydrogen (secondary N) is 2. The normalized spacial score (nSPS) is 10.3. The van der Waals surface area contributed by atoms with Gasteiger partial charge in [0.25, 0.3) is 0 Å². The van der Waals surface area contributed by atoms with Crippen LogP contribution in [0.5, 0.6) is 0 Å². The highest BCUT2D eigenvalue weighted by Crippen LogP contribution is 2.21. The third-order valence-corrected chi connectivity index (χ3v) is 8.71. The first kappa shape index (κ1) is 42.1. The number of H-pyrrole nitrogens is 2. The minimum absolute atomic E-state index is 0. The summed E-state index contributed by atoms with van der Waals surface area (Å²) in [7, 11) is -4.15. The summed E-state index contributed by atoms with van der Waals surface area (Å²) in [6.07, 6.45) is 16.1. The Morgan fingerprint density at radius 3 is 1.02 bits per heavy atom. The summed E-state index contributed by atoms with van der Waals surface area (Å²) < 4.78 is 13.9. The van der Waals surface area contributed by atoms with Gasteiger partial charge in [0, 0.05) is 70.8 Å². The van der Waals surface area contributed by atoms with E-state index >= 15 is 0 Å². The zero-order chi connectivity index (χ0) is 34.8. The van der Waals surface area contributed by atoms with E-state index in [1.54, 1.807) is 0 Å². The molecule has 0 radical (unpaired) electrons. The smallest absolute Gasteiger partial charge is 0.216 e. The average molecular weight is 776 g/mol. The number of aryl methyl sites for hydroxylation is 6. The van der Waals surface area contributed by atoms with Crippen LogP contribution in [0, 0.1) is 41.5 Å². The van der Waals surface area contributed by atoms with E-state index in [4.69, 9.17) is 0 Å². The van der Waals surface area contributed by atoms with Gasteiger partial charge < -0.3 is 43.7 Å². The molecule has 10 heteroatoms. The summed E-state index contributed by atoms with van der Waals surface area (Å²) in [5, 5.41) is 0. The molecule has 2 N–H and O–H groups in total. The van der Waals surface area contributed by atoms with Crippen molar-refractivity contribution >= 4 is 7.60 Å². The molecule has 262 valence electrons. The molecular weight excluding hydrogens is 731 g/mol. The topological polar surface area (TPSA) is 99.2 Å². The van der Waals surface area contributed by atoms with Crippen LogP contribution < -0.4 is 58.3 Å². The average Bonchev–Trinajstić information content (AvgIpc) is 3.06. The van der Waals surface area contributed by atoms with Gasteiger partial charge in [0.15, 0.2) is 49.6 Å². The minimum atomic E-state index is -4.15. The molecule has 0 aliphatic carbocycles. The van der Waals surface area contributed by atoms with Crippen molar-refractivity contribution in [3.05, 3.63) is 156 Å². The van der Waals surface area contributed by atoms with Crippen LogP contribution in [0.3, 0.4) is 0 Å². The van der Waals surface area contributed by atoms with Gasteiger partial charge in [0.2, 0.25) is 11.4 Å². The Kier molecular flexibility index (Phi) is 16.3. The van der Waals surface area contributed by atoms with Gasteiger partial charge in [0.1, 0.15) is 0 Å². The second-order valence-electron chi connectivity index (χ2n) is 12.0. The van der Waals surface area contributed by atoms with Crippen molar-refractivity contribution in [2.24, 2.45) is 0 Å². The second-order valence-corrected chi connectivity index (χ2v) is 13.8. The molecule has 0 saturated carbocycles. The quantitative estimate of drug-likeness (QED) is 0.177. The first-order valence-electron chi connectivity index (χ1n) is 16.0. The maximum atomic E-state index is 9.47. The van der Waals surface area contributed by atoms with Crippen molar-refractivity contribution in [1.82, 2.24) is 0 Å². The Morgan fingerprint density at radius 1 is 0.540 bits per heavy atom. The molecule has 0 aliphatic rings. The van der Waals surface area contributed by atoms with Gasteiger partial charge in [-0.15, -0.1) is 0 Å². The molecule has 0 atom stereocenters. The Hall–Kier alpha value is -4.04. The molecular formula is C40H45BrClN4O3P. The van der Waals surface area contributed by atoms with Crippen LogP contribution in [0.1, 0.15) is 40.3 Å². The SMILES string of the molecule is CCP(=O)([O-])[O-].Cc1cc(C)c(-[n+]2ccc(-c3cc[nH+]cc3)cc2)c(C)c1.Cc1cc(C)c(-[n+]2ccc(-c3cc[nH+]cc3)cc2)c(C)c1.[Br-].[Cl-]. The number of hydrogen-bond donors (Lipinski definition) is 0. The summed E-state index contributed by atoms with van der Waals surface area (Å²) in [6.45, 7) is 14.3. The molecule has 2 aromatic carbocycles. The molecule has 6 aromatic rings. The van der Waals surface area contributed by atoms with E-state index in [0.29, 0.717) is 0 Å². The lowest BCUT2D eigenvalue weighted by molar-refractivity contribution is -0.596. The Labute approximate surface area is 313 Å². The van der Waals surface area contributed by atoms with E-state index in [2.05, 4.69) is 158 Å². The van der Waals surface area contributed by atoms with E-state index in [1.807, 2.05) is 24.8 Å². The highest BCUT2D eigenvalue weighted by Gasteiger charge is 2.15. The molecule has 4 heterocycles. The van der Waals surface area contributed by atoms with E-state index in [1.165, 1.54) is 73.9 Å². The van der Waals surface area contributed by atoms with E-state index < -0.39 is 7.60 Å². The van der Waals surface area contributed by atoms with Crippen LogP contribution in [0.25, 0.3) is 33.6 Å². The van der Waals surface area contributed by atoms with Crippen LogP contribution in [-0.4, -0.2) is 6.16 Å². The van der Waals surface area contributed by atoms with Crippen molar-refractivity contribution in [2.75, 3.05) is 6.16 Å². The molecule has 0 amide bonds. The summed E-state index contributed by atoms with van der Waals surface area (Å²) >= 11 is 0. The maximum Gasteiger partial charge on any atom is 0.216 e. The molecule has 0 unspecified atom stereocenters. The summed E-state index contributed by atoms with van der Waals surface area (Å²) in [5.74, 6) is 0. The molecule has 0 aliphatic heterocycles. The predicted octanol–water partition coefficient (Wildman–Crippen LogP) is -0.333. The Balaban J connectivity index is 0.000000289. The lowest BCUT2D eigenvalue weighted by Gasteiger charge is -2.26. The van der Waals surface area contributed by atoms with Crippen molar-refractivity contribution in [3.63, 3.8) is 0 Å². The zero-order valence-corrected chi connectivity index (χ0v) is 32.8. The first-order chi connectivity index (χ1) is 22.9. The molecule has 50 heavy (non-hydrogen) atoms. The second kappa shape index (κ2) is 19.4. The van der Waals surface area contributed by atoms with Gasteiger partial charge in [-0.2, -0.15) is 9.13 Å². The van der Waals surface area contributed by atoms with Crippen molar-refractivity contribution < 1.29 is 62.8 Å². The number of aromatic amines is 2. The fourth-order valence-electron chi connectivity index (χ4n) is 5.85. The molecule has 7 nitrogen and oxygen atoms in total. The van der Waals surface area contributed by atoms with Crippen molar-refractivity contribution in [2.45, 2.75) is 48.5 Å². The number of nitrogens with zero attached hydrogens (tertiary/aromatic N) is 2. The van der Waals surface area contributed by atoms with Crippen LogP contribution >= 0.6 is 7.60 Å². The van der Waals surface area contributed by atoms with Crippen molar-refractivity contribution in [1.29, 1.82) is 0 Å². The van der Waals surface area contributed by atoms with Crippen molar-refractivity contribution in [3.8, 4) is 33.6 Å². The van der Waals surface area contributed by atoms with E-state index in [-0.39, 0.29) is 35.6 Å². The maximum absolute atomic E-state index is 9.47. The van der Waals surface area contributed by atoms with Crippen LogP contribution in [-0.2, 0) is 4.57 Å². The number of aromatic nitrogens is 4.